The maximum Gasteiger partial charge on any atom is 0.263 e. The summed E-state index contributed by atoms with van der Waals surface area (Å²) < 4.78 is 11.6. The molecule has 1 saturated heterocycles. The fraction of sp³-hybridized carbons (Fsp3) is 0.611. The first-order valence-electron chi connectivity index (χ1n) is 8.25. The number of rotatable bonds is 3. The summed E-state index contributed by atoms with van der Waals surface area (Å²) in [5.74, 6) is 0.846. The summed E-state index contributed by atoms with van der Waals surface area (Å²) in [6.07, 6.45) is 3.20. The Morgan fingerprint density at radius 1 is 1.23 bits per heavy atom. The van der Waals surface area contributed by atoms with E-state index in [1.54, 1.807) is 0 Å². The van der Waals surface area contributed by atoms with Crippen LogP contribution in [0.15, 0.2) is 18.2 Å². The SMILES string of the molecule is CC1CN(C(=O)C(C)Oc2ccc3c(c2)CCC3)CC(C)O1. The largest absolute Gasteiger partial charge is 0.481 e. The van der Waals surface area contributed by atoms with E-state index < -0.39 is 6.10 Å². The van der Waals surface area contributed by atoms with Crippen LogP contribution in [0.25, 0.3) is 0 Å². The number of amides is 1. The topological polar surface area (TPSA) is 38.8 Å². The first kappa shape index (κ1) is 15.3. The van der Waals surface area contributed by atoms with Crippen molar-refractivity contribution in [2.45, 2.75) is 58.3 Å². The van der Waals surface area contributed by atoms with Crippen LogP contribution in [0.2, 0.25) is 0 Å². The van der Waals surface area contributed by atoms with Gasteiger partial charge >= 0.3 is 0 Å². The first-order valence-corrected chi connectivity index (χ1v) is 8.25. The van der Waals surface area contributed by atoms with Crippen molar-refractivity contribution in [3.05, 3.63) is 29.3 Å². The molecule has 0 bridgehead atoms. The number of ether oxygens (including phenoxy) is 2. The lowest BCUT2D eigenvalue weighted by Gasteiger charge is -2.36. The highest BCUT2D eigenvalue weighted by atomic mass is 16.5. The highest BCUT2D eigenvalue weighted by Crippen LogP contribution is 2.26. The molecule has 22 heavy (non-hydrogen) atoms. The van der Waals surface area contributed by atoms with Crippen LogP contribution in [0.4, 0.5) is 0 Å². The van der Waals surface area contributed by atoms with Crippen molar-refractivity contribution in [1.29, 1.82) is 0 Å². The van der Waals surface area contributed by atoms with E-state index in [-0.39, 0.29) is 18.1 Å². The van der Waals surface area contributed by atoms with Crippen molar-refractivity contribution in [3.63, 3.8) is 0 Å². The standard InChI is InChI=1S/C18H25NO3/c1-12-10-19(11-13(2)21-12)18(20)14(3)22-17-8-7-15-5-4-6-16(15)9-17/h7-9,12-14H,4-6,10-11H2,1-3H3. The lowest BCUT2D eigenvalue weighted by atomic mass is 10.1. The molecule has 0 radical (unpaired) electrons. The molecule has 1 amide bonds. The molecular formula is C18H25NO3. The fourth-order valence-corrected chi connectivity index (χ4v) is 3.49. The third-order valence-electron chi connectivity index (χ3n) is 4.46. The molecular weight excluding hydrogens is 278 g/mol. The average Bonchev–Trinajstić information content (AvgIpc) is 2.93. The second-order valence-electron chi connectivity index (χ2n) is 6.54. The maximum atomic E-state index is 12.6. The lowest BCUT2D eigenvalue weighted by Crippen LogP contribution is -2.51. The number of hydrogen-bond donors (Lipinski definition) is 0. The van der Waals surface area contributed by atoms with Crippen molar-refractivity contribution < 1.29 is 14.3 Å². The van der Waals surface area contributed by atoms with Gasteiger partial charge in [0.2, 0.25) is 0 Å². The van der Waals surface area contributed by atoms with Crippen LogP contribution >= 0.6 is 0 Å². The van der Waals surface area contributed by atoms with Crippen molar-refractivity contribution >= 4 is 5.91 Å². The summed E-state index contributed by atoms with van der Waals surface area (Å²) in [5, 5.41) is 0. The quantitative estimate of drug-likeness (QED) is 0.861. The monoisotopic (exact) mass is 303 g/mol. The van der Waals surface area contributed by atoms with E-state index in [9.17, 15) is 4.79 Å². The van der Waals surface area contributed by atoms with Crippen molar-refractivity contribution in [2.75, 3.05) is 13.1 Å². The van der Waals surface area contributed by atoms with Gasteiger partial charge in [-0.05, 0) is 63.3 Å². The van der Waals surface area contributed by atoms with E-state index in [1.807, 2.05) is 31.7 Å². The normalized spacial score (nSPS) is 25.7. The van der Waals surface area contributed by atoms with Crippen LogP contribution in [0, 0.1) is 0 Å². The summed E-state index contributed by atoms with van der Waals surface area (Å²) in [7, 11) is 0. The molecule has 3 atom stereocenters. The van der Waals surface area contributed by atoms with Gasteiger partial charge in [-0.25, -0.2) is 0 Å². The third-order valence-corrected chi connectivity index (χ3v) is 4.46. The zero-order valence-electron chi connectivity index (χ0n) is 13.7. The summed E-state index contributed by atoms with van der Waals surface area (Å²) >= 11 is 0. The van der Waals surface area contributed by atoms with E-state index in [1.165, 1.54) is 17.5 Å². The molecule has 1 aliphatic carbocycles. The van der Waals surface area contributed by atoms with Gasteiger partial charge in [0.1, 0.15) is 5.75 Å². The molecule has 4 nitrogen and oxygen atoms in total. The number of fused-ring (bicyclic) bond motifs is 1. The first-order chi connectivity index (χ1) is 10.5. The van der Waals surface area contributed by atoms with Gasteiger partial charge in [-0.3, -0.25) is 4.79 Å². The Balaban J connectivity index is 1.63. The number of benzene rings is 1. The van der Waals surface area contributed by atoms with Crippen LogP contribution < -0.4 is 4.74 Å². The highest BCUT2D eigenvalue weighted by molar-refractivity contribution is 5.81. The highest BCUT2D eigenvalue weighted by Gasteiger charge is 2.29. The summed E-state index contributed by atoms with van der Waals surface area (Å²) in [5.41, 5.74) is 2.79. The Hall–Kier alpha value is -1.55. The van der Waals surface area contributed by atoms with Crippen LogP contribution in [-0.4, -0.2) is 42.2 Å². The van der Waals surface area contributed by atoms with Crippen molar-refractivity contribution in [3.8, 4) is 5.75 Å². The van der Waals surface area contributed by atoms with Gasteiger partial charge in [0.05, 0.1) is 12.2 Å². The van der Waals surface area contributed by atoms with Gasteiger partial charge in [0.25, 0.3) is 5.91 Å². The van der Waals surface area contributed by atoms with Crippen LogP contribution in [0.5, 0.6) is 5.75 Å². The molecule has 0 spiro atoms. The van der Waals surface area contributed by atoms with Crippen molar-refractivity contribution in [1.82, 2.24) is 4.90 Å². The number of aryl methyl sites for hydroxylation is 2. The van der Waals surface area contributed by atoms with Crippen LogP contribution in [0.1, 0.15) is 38.3 Å². The molecule has 0 saturated carbocycles. The number of hydrogen-bond acceptors (Lipinski definition) is 3. The molecule has 3 rings (SSSR count). The smallest absolute Gasteiger partial charge is 0.263 e. The van der Waals surface area contributed by atoms with E-state index >= 15 is 0 Å². The Bertz CT molecular complexity index is 547. The van der Waals surface area contributed by atoms with Crippen molar-refractivity contribution in [2.24, 2.45) is 0 Å². The molecule has 120 valence electrons. The molecule has 4 heteroatoms. The molecule has 1 fully saturated rings. The zero-order valence-corrected chi connectivity index (χ0v) is 13.7. The molecule has 1 heterocycles. The van der Waals surface area contributed by atoms with Gasteiger partial charge in [-0.2, -0.15) is 0 Å². The Kier molecular flexibility index (Phi) is 4.39. The predicted octanol–water partition coefficient (Wildman–Crippen LogP) is 2.58. The molecule has 3 unspecified atom stereocenters. The summed E-state index contributed by atoms with van der Waals surface area (Å²) in [4.78, 5) is 14.4. The maximum absolute atomic E-state index is 12.6. The van der Waals surface area contributed by atoms with Crippen LogP contribution in [-0.2, 0) is 22.4 Å². The Labute approximate surface area is 132 Å². The molecule has 2 aliphatic rings. The second kappa shape index (κ2) is 6.29. The van der Waals surface area contributed by atoms with E-state index in [0.717, 1.165) is 18.6 Å². The fourth-order valence-electron chi connectivity index (χ4n) is 3.49. The zero-order chi connectivity index (χ0) is 15.7. The van der Waals surface area contributed by atoms with E-state index in [0.29, 0.717) is 13.1 Å². The van der Waals surface area contributed by atoms with Gasteiger partial charge in [0.15, 0.2) is 6.10 Å². The minimum Gasteiger partial charge on any atom is -0.481 e. The number of carbonyl (C=O) groups excluding carboxylic acids is 1. The van der Waals surface area contributed by atoms with E-state index in [2.05, 4.69) is 12.1 Å². The third kappa shape index (κ3) is 3.27. The second-order valence-corrected chi connectivity index (χ2v) is 6.54. The Morgan fingerprint density at radius 2 is 1.91 bits per heavy atom. The summed E-state index contributed by atoms with van der Waals surface area (Å²) in [6.45, 7) is 7.12. The molecule has 1 aliphatic heterocycles. The van der Waals surface area contributed by atoms with Crippen LogP contribution in [0.3, 0.4) is 0 Å². The predicted molar refractivity (Wildman–Crippen MR) is 85.1 cm³/mol. The van der Waals surface area contributed by atoms with E-state index in [4.69, 9.17) is 9.47 Å². The Morgan fingerprint density at radius 3 is 2.64 bits per heavy atom. The van der Waals surface area contributed by atoms with Gasteiger partial charge in [-0.15, -0.1) is 0 Å². The average molecular weight is 303 g/mol. The summed E-state index contributed by atoms with van der Waals surface area (Å²) in [6, 6.07) is 6.21. The lowest BCUT2D eigenvalue weighted by molar-refractivity contribution is -0.149. The minimum atomic E-state index is -0.461. The van der Waals surface area contributed by atoms with Gasteiger partial charge in [-0.1, -0.05) is 6.07 Å². The molecule has 1 aromatic rings. The molecule has 0 N–H and O–H groups in total. The number of carbonyl (C=O) groups is 1. The van der Waals surface area contributed by atoms with Gasteiger partial charge < -0.3 is 14.4 Å². The number of nitrogens with zero attached hydrogens (tertiary/aromatic N) is 1. The van der Waals surface area contributed by atoms with Gasteiger partial charge in [0, 0.05) is 13.1 Å². The minimum absolute atomic E-state index is 0.0440. The number of morpholine rings is 1. The molecule has 0 aromatic heterocycles. The molecule has 1 aromatic carbocycles.